The monoisotopic (exact) mass is 513 g/mol. The first kappa shape index (κ1) is 26.5. The summed E-state index contributed by atoms with van der Waals surface area (Å²) >= 11 is 0. The molecule has 4 rings (SSSR count). The zero-order valence-electron chi connectivity index (χ0n) is 21.7. The number of amides is 1. The predicted octanol–water partition coefficient (Wildman–Crippen LogP) is 4.53. The molecule has 2 fully saturated rings. The van der Waals surface area contributed by atoms with Gasteiger partial charge in [0, 0.05) is 38.3 Å². The molecule has 0 radical (unpaired) electrons. The minimum atomic E-state index is -3.52. The number of methoxy groups -OCH3 is 1. The second-order valence-electron chi connectivity index (χ2n) is 10.2. The van der Waals surface area contributed by atoms with E-state index in [1.165, 1.54) is 22.8 Å². The molecule has 2 aliphatic rings. The Balaban J connectivity index is 1.36. The van der Waals surface area contributed by atoms with Gasteiger partial charge in [-0.3, -0.25) is 4.79 Å². The zero-order chi connectivity index (χ0) is 25.7. The van der Waals surface area contributed by atoms with Crippen LogP contribution < -0.4 is 15.0 Å². The third-order valence-electron chi connectivity index (χ3n) is 7.37. The van der Waals surface area contributed by atoms with Crippen LogP contribution in [0, 0.1) is 5.92 Å². The number of aryl methyl sites for hydroxylation is 1. The number of carbonyl (C=O) groups is 1. The van der Waals surface area contributed by atoms with E-state index in [0.29, 0.717) is 25.3 Å². The number of hydrogen-bond acceptors (Lipinski definition) is 5. The van der Waals surface area contributed by atoms with Crippen molar-refractivity contribution >= 4 is 21.6 Å². The third-order valence-corrected chi connectivity index (χ3v) is 9.26. The van der Waals surface area contributed by atoms with E-state index in [9.17, 15) is 13.2 Å². The highest BCUT2D eigenvalue weighted by atomic mass is 32.2. The summed E-state index contributed by atoms with van der Waals surface area (Å²) in [6, 6.07) is 13.3. The number of rotatable bonds is 9. The van der Waals surface area contributed by atoms with E-state index < -0.39 is 10.0 Å². The molecule has 2 saturated heterocycles. The fraction of sp³-hybridized carbons (Fsp3) is 0.536. The molecule has 0 unspecified atom stereocenters. The molecule has 1 amide bonds. The third kappa shape index (κ3) is 6.21. The van der Waals surface area contributed by atoms with Gasteiger partial charge in [0.1, 0.15) is 5.75 Å². The molecule has 2 aromatic rings. The highest BCUT2D eigenvalue weighted by molar-refractivity contribution is 7.89. The summed E-state index contributed by atoms with van der Waals surface area (Å²) < 4.78 is 32.9. The first-order valence-corrected chi connectivity index (χ1v) is 14.5. The van der Waals surface area contributed by atoms with Gasteiger partial charge < -0.3 is 15.0 Å². The van der Waals surface area contributed by atoms with Crippen molar-refractivity contribution in [3.05, 3.63) is 53.6 Å². The number of hydrogen-bond donors (Lipinski definition) is 1. The molecule has 8 heteroatoms. The van der Waals surface area contributed by atoms with E-state index in [2.05, 4.69) is 41.4 Å². The molecule has 2 aromatic carbocycles. The Bertz CT molecular complexity index is 1140. The van der Waals surface area contributed by atoms with E-state index in [1.807, 2.05) is 6.92 Å². The van der Waals surface area contributed by atoms with Gasteiger partial charge in [-0.25, -0.2) is 8.42 Å². The number of benzene rings is 2. The largest absolute Gasteiger partial charge is 0.496 e. The Kier molecular flexibility index (Phi) is 8.57. The molecule has 2 atom stereocenters. The van der Waals surface area contributed by atoms with Crippen molar-refractivity contribution in [1.29, 1.82) is 0 Å². The fourth-order valence-electron chi connectivity index (χ4n) is 5.23. The topological polar surface area (TPSA) is 79.0 Å². The van der Waals surface area contributed by atoms with Gasteiger partial charge in [0.15, 0.2) is 0 Å². The van der Waals surface area contributed by atoms with Gasteiger partial charge in [0.2, 0.25) is 15.9 Å². The van der Waals surface area contributed by atoms with Crippen LogP contribution in [-0.2, 0) is 21.2 Å². The van der Waals surface area contributed by atoms with Crippen molar-refractivity contribution in [2.75, 3.05) is 38.2 Å². The molecule has 0 saturated carbocycles. The Labute approximate surface area is 215 Å². The normalized spacial score (nSPS) is 19.8. The second kappa shape index (κ2) is 11.6. The lowest BCUT2D eigenvalue weighted by atomic mass is 9.99. The standard InChI is InChI=1S/C28H39N3O4S/c1-21-7-6-16-30(20-21)25-11-8-23(9-12-25)22(2)29-28(32)15-10-24-19-26(13-14-27(24)35-3)36(33,34)31-17-4-5-18-31/h8-9,11-14,19,21-22H,4-7,10,15-18,20H2,1-3H3,(H,29,32)/t21-,22+/m0/s1. The summed E-state index contributed by atoms with van der Waals surface area (Å²) in [5.41, 5.74) is 3.02. The van der Waals surface area contributed by atoms with Gasteiger partial charge in [0.25, 0.3) is 0 Å². The maximum atomic E-state index is 13.0. The van der Waals surface area contributed by atoms with Crippen molar-refractivity contribution in [3.63, 3.8) is 0 Å². The number of ether oxygens (including phenoxy) is 1. The van der Waals surface area contributed by atoms with Crippen molar-refractivity contribution in [3.8, 4) is 5.75 Å². The lowest BCUT2D eigenvalue weighted by Gasteiger charge is -2.33. The number of carbonyl (C=O) groups excluding carboxylic acids is 1. The van der Waals surface area contributed by atoms with Crippen molar-refractivity contribution < 1.29 is 17.9 Å². The van der Waals surface area contributed by atoms with Crippen LogP contribution in [0.5, 0.6) is 5.75 Å². The SMILES string of the molecule is COc1ccc(S(=O)(=O)N2CCCC2)cc1CCC(=O)N[C@H](C)c1ccc(N2CCC[C@H](C)C2)cc1. The van der Waals surface area contributed by atoms with Gasteiger partial charge in [-0.15, -0.1) is 0 Å². The first-order chi connectivity index (χ1) is 17.3. The summed E-state index contributed by atoms with van der Waals surface area (Å²) in [5, 5.41) is 3.08. The summed E-state index contributed by atoms with van der Waals surface area (Å²) in [6.07, 6.45) is 4.95. The van der Waals surface area contributed by atoms with Crippen LogP contribution in [0.2, 0.25) is 0 Å². The molecule has 36 heavy (non-hydrogen) atoms. The van der Waals surface area contributed by atoms with E-state index >= 15 is 0 Å². The van der Waals surface area contributed by atoms with Crippen LogP contribution in [0.1, 0.15) is 63.1 Å². The maximum absolute atomic E-state index is 13.0. The van der Waals surface area contributed by atoms with E-state index in [1.54, 1.807) is 25.3 Å². The molecule has 0 bridgehead atoms. The Morgan fingerprint density at radius 1 is 1.08 bits per heavy atom. The first-order valence-electron chi connectivity index (χ1n) is 13.1. The average Bonchev–Trinajstić information content (AvgIpc) is 3.43. The lowest BCUT2D eigenvalue weighted by molar-refractivity contribution is -0.121. The molecular formula is C28H39N3O4S. The zero-order valence-corrected chi connectivity index (χ0v) is 22.5. The minimum absolute atomic E-state index is 0.0775. The smallest absolute Gasteiger partial charge is 0.243 e. The number of nitrogens with zero attached hydrogens (tertiary/aromatic N) is 2. The second-order valence-corrected chi connectivity index (χ2v) is 12.1. The molecule has 196 valence electrons. The molecule has 0 spiro atoms. The van der Waals surface area contributed by atoms with Crippen LogP contribution in [0.4, 0.5) is 5.69 Å². The predicted molar refractivity (Wildman–Crippen MR) is 143 cm³/mol. The van der Waals surface area contributed by atoms with Gasteiger partial charge in [-0.05, 0) is 86.4 Å². The molecule has 0 aromatic heterocycles. The average molecular weight is 514 g/mol. The number of sulfonamides is 1. The van der Waals surface area contributed by atoms with Crippen molar-refractivity contribution in [2.45, 2.75) is 63.3 Å². The Hall–Kier alpha value is -2.58. The summed E-state index contributed by atoms with van der Waals surface area (Å²) in [4.78, 5) is 15.5. The maximum Gasteiger partial charge on any atom is 0.243 e. The van der Waals surface area contributed by atoms with Gasteiger partial charge in [-0.2, -0.15) is 4.31 Å². The van der Waals surface area contributed by atoms with E-state index in [4.69, 9.17) is 4.74 Å². The van der Waals surface area contributed by atoms with Crippen LogP contribution >= 0.6 is 0 Å². The van der Waals surface area contributed by atoms with E-state index in [0.717, 1.165) is 43.0 Å². The summed E-state index contributed by atoms with van der Waals surface area (Å²) in [7, 11) is -1.96. The quantitative estimate of drug-likeness (QED) is 0.533. The van der Waals surface area contributed by atoms with Crippen LogP contribution in [0.25, 0.3) is 0 Å². The summed E-state index contributed by atoms with van der Waals surface area (Å²) in [6.45, 7) is 7.59. The molecule has 0 aliphatic carbocycles. The van der Waals surface area contributed by atoms with Gasteiger partial charge >= 0.3 is 0 Å². The highest BCUT2D eigenvalue weighted by Gasteiger charge is 2.28. The number of nitrogens with one attached hydrogen (secondary N) is 1. The van der Waals surface area contributed by atoms with Crippen molar-refractivity contribution in [2.24, 2.45) is 5.92 Å². The van der Waals surface area contributed by atoms with E-state index in [-0.39, 0.29) is 23.3 Å². The van der Waals surface area contributed by atoms with Gasteiger partial charge in [0.05, 0.1) is 18.0 Å². The number of anilines is 1. The van der Waals surface area contributed by atoms with Crippen LogP contribution in [-0.4, -0.2) is 51.9 Å². The van der Waals surface area contributed by atoms with Gasteiger partial charge in [-0.1, -0.05) is 19.1 Å². The minimum Gasteiger partial charge on any atom is -0.496 e. The highest BCUT2D eigenvalue weighted by Crippen LogP contribution is 2.28. The summed E-state index contributed by atoms with van der Waals surface area (Å²) in [5.74, 6) is 1.24. The molecular weight excluding hydrogens is 474 g/mol. The lowest BCUT2D eigenvalue weighted by Crippen LogP contribution is -2.34. The Morgan fingerprint density at radius 2 is 1.81 bits per heavy atom. The fourth-order valence-corrected chi connectivity index (χ4v) is 6.80. The molecule has 2 aliphatic heterocycles. The Morgan fingerprint density at radius 3 is 2.47 bits per heavy atom. The van der Waals surface area contributed by atoms with Crippen LogP contribution in [0.15, 0.2) is 47.4 Å². The number of piperidine rings is 1. The molecule has 2 heterocycles. The van der Waals surface area contributed by atoms with Crippen molar-refractivity contribution in [1.82, 2.24) is 9.62 Å². The molecule has 7 nitrogen and oxygen atoms in total. The van der Waals surface area contributed by atoms with Crippen LogP contribution in [0.3, 0.4) is 0 Å². The molecule has 1 N–H and O–H groups in total.